The summed E-state index contributed by atoms with van der Waals surface area (Å²) in [5.41, 5.74) is 2.25. The van der Waals surface area contributed by atoms with Gasteiger partial charge in [0, 0.05) is 45.1 Å². The average molecular weight is 377 g/mol. The third kappa shape index (κ3) is 4.11. The van der Waals surface area contributed by atoms with Crippen LogP contribution in [0.4, 0.5) is 17.5 Å². The molecule has 1 saturated heterocycles. The quantitative estimate of drug-likeness (QED) is 0.700. The van der Waals surface area contributed by atoms with Crippen molar-refractivity contribution in [2.75, 3.05) is 48.4 Å². The minimum atomic E-state index is 0.529. The van der Waals surface area contributed by atoms with E-state index in [0.717, 1.165) is 49.0 Å². The zero-order chi connectivity index (χ0) is 19.2. The van der Waals surface area contributed by atoms with Gasteiger partial charge in [-0.05, 0) is 29.8 Å². The molecule has 1 aromatic carbocycles. The molecule has 144 valence electrons. The molecule has 0 unspecified atom stereocenters. The Morgan fingerprint density at radius 3 is 2.54 bits per heavy atom. The molecular formula is C20H23N7O. The maximum atomic E-state index is 5.49. The van der Waals surface area contributed by atoms with Gasteiger partial charge in [-0.25, -0.2) is 0 Å². The Kier molecular flexibility index (Phi) is 5.46. The molecule has 2 aromatic heterocycles. The van der Waals surface area contributed by atoms with E-state index < -0.39 is 0 Å². The molecule has 0 bridgehead atoms. The molecule has 0 saturated carbocycles. The molecule has 1 fully saturated rings. The zero-order valence-corrected chi connectivity index (χ0v) is 15.8. The second-order valence-electron chi connectivity index (χ2n) is 6.49. The fourth-order valence-electron chi connectivity index (χ4n) is 3.27. The van der Waals surface area contributed by atoms with Crippen molar-refractivity contribution >= 4 is 17.5 Å². The van der Waals surface area contributed by atoms with Gasteiger partial charge in [-0.1, -0.05) is 12.1 Å². The van der Waals surface area contributed by atoms with Gasteiger partial charge >= 0.3 is 0 Å². The monoisotopic (exact) mass is 377 g/mol. The minimum Gasteiger partial charge on any atom is -0.495 e. The van der Waals surface area contributed by atoms with E-state index in [1.54, 1.807) is 25.7 Å². The zero-order valence-electron chi connectivity index (χ0n) is 15.8. The Labute approximate surface area is 164 Å². The predicted molar refractivity (Wildman–Crippen MR) is 109 cm³/mol. The summed E-state index contributed by atoms with van der Waals surface area (Å²) in [6, 6.07) is 12.0. The number of piperazine rings is 1. The molecule has 0 spiro atoms. The summed E-state index contributed by atoms with van der Waals surface area (Å²) >= 11 is 0. The normalized spacial score (nSPS) is 14.0. The van der Waals surface area contributed by atoms with E-state index in [4.69, 9.17) is 4.74 Å². The van der Waals surface area contributed by atoms with Crippen LogP contribution in [0.3, 0.4) is 0 Å². The number of pyridine rings is 1. The largest absolute Gasteiger partial charge is 0.495 e. The molecule has 1 aliphatic heterocycles. The molecule has 3 heterocycles. The van der Waals surface area contributed by atoms with E-state index in [1.165, 1.54) is 0 Å². The van der Waals surface area contributed by atoms with Gasteiger partial charge in [0.25, 0.3) is 0 Å². The second kappa shape index (κ2) is 8.51. The number of benzene rings is 1. The average Bonchev–Trinajstić information content (AvgIpc) is 2.79. The third-order valence-electron chi connectivity index (χ3n) is 4.78. The molecule has 8 nitrogen and oxygen atoms in total. The highest BCUT2D eigenvalue weighted by atomic mass is 16.5. The summed E-state index contributed by atoms with van der Waals surface area (Å²) in [5, 5.41) is 11.4. The second-order valence-corrected chi connectivity index (χ2v) is 6.49. The first kappa shape index (κ1) is 18.0. The van der Waals surface area contributed by atoms with Crippen molar-refractivity contribution in [3.8, 4) is 5.75 Å². The number of hydrogen-bond donors (Lipinski definition) is 1. The fraction of sp³-hybridized carbons (Fsp3) is 0.300. The number of hydrogen-bond acceptors (Lipinski definition) is 8. The van der Waals surface area contributed by atoms with Gasteiger partial charge in [-0.15, -0.1) is 5.10 Å². The van der Waals surface area contributed by atoms with Crippen LogP contribution in [0.15, 0.2) is 55.0 Å². The SMILES string of the molecule is COc1ccccc1N1CCN(c2cnnc(NCc3ccncc3)n2)CC1. The van der Waals surface area contributed by atoms with Gasteiger partial charge in [0.15, 0.2) is 5.82 Å². The topological polar surface area (TPSA) is 79.3 Å². The van der Waals surface area contributed by atoms with Crippen LogP contribution in [0, 0.1) is 0 Å². The number of nitrogens with one attached hydrogen (secondary N) is 1. The number of aromatic nitrogens is 4. The van der Waals surface area contributed by atoms with Crippen LogP contribution in [0.1, 0.15) is 5.56 Å². The van der Waals surface area contributed by atoms with Crippen molar-refractivity contribution in [3.05, 3.63) is 60.6 Å². The fourth-order valence-corrected chi connectivity index (χ4v) is 3.27. The van der Waals surface area contributed by atoms with Gasteiger partial charge in [-0.2, -0.15) is 10.1 Å². The lowest BCUT2D eigenvalue weighted by atomic mass is 10.2. The minimum absolute atomic E-state index is 0.529. The van der Waals surface area contributed by atoms with Gasteiger partial charge in [0.2, 0.25) is 5.95 Å². The van der Waals surface area contributed by atoms with Gasteiger partial charge < -0.3 is 19.9 Å². The smallest absolute Gasteiger partial charge is 0.244 e. The van der Waals surface area contributed by atoms with Crippen LogP contribution >= 0.6 is 0 Å². The van der Waals surface area contributed by atoms with Crippen LogP contribution in [-0.4, -0.2) is 53.5 Å². The maximum Gasteiger partial charge on any atom is 0.244 e. The van der Waals surface area contributed by atoms with Gasteiger partial charge in [-0.3, -0.25) is 4.98 Å². The maximum absolute atomic E-state index is 5.49. The van der Waals surface area contributed by atoms with Crippen molar-refractivity contribution in [2.45, 2.75) is 6.54 Å². The molecule has 8 heteroatoms. The molecular weight excluding hydrogens is 354 g/mol. The Balaban J connectivity index is 1.38. The first-order valence-electron chi connectivity index (χ1n) is 9.29. The summed E-state index contributed by atoms with van der Waals surface area (Å²) in [4.78, 5) is 13.2. The lowest BCUT2D eigenvalue weighted by Crippen LogP contribution is -2.47. The molecule has 4 rings (SSSR count). The molecule has 0 atom stereocenters. The van der Waals surface area contributed by atoms with Crippen LogP contribution in [0.5, 0.6) is 5.75 Å². The number of para-hydroxylation sites is 2. The first-order chi connectivity index (χ1) is 13.8. The van der Waals surface area contributed by atoms with Crippen LogP contribution in [0.2, 0.25) is 0 Å². The predicted octanol–water partition coefficient (Wildman–Crippen LogP) is 2.21. The van der Waals surface area contributed by atoms with E-state index in [1.807, 2.05) is 30.3 Å². The van der Waals surface area contributed by atoms with Gasteiger partial charge in [0.05, 0.1) is 19.0 Å². The van der Waals surface area contributed by atoms with Crippen LogP contribution in [-0.2, 0) is 6.54 Å². The lowest BCUT2D eigenvalue weighted by molar-refractivity contribution is 0.413. The lowest BCUT2D eigenvalue weighted by Gasteiger charge is -2.37. The standard InChI is InChI=1S/C20H23N7O/c1-28-18-5-3-2-4-17(18)26-10-12-27(13-11-26)19-15-23-25-20(24-19)22-14-16-6-8-21-9-7-16/h2-9,15H,10-14H2,1H3,(H,22,24,25). The molecule has 1 aliphatic rings. The van der Waals surface area contributed by atoms with Crippen molar-refractivity contribution in [2.24, 2.45) is 0 Å². The number of rotatable bonds is 6. The van der Waals surface area contributed by atoms with Crippen LogP contribution in [0.25, 0.3) is 0 Å². The third-order valence-corrected chi connectivity index (χ3v) is 4.78. The number of nitrogens with zero attached hydrogens (tertiary/aromatic N) is 6. The van der Waals surface area contributed by atoms with E-state index in [9.17, 15) is 0 Å². The number of anilines is 3. The van der Waals surface area contributed by atoms with E-state index in [-0.39, 0.29) is 0 Å². The molecule has 1 N–H and O–H groups in total. The van der Waals surface area contributed by atoms with E-state index in [2.05, 4.69) is 41.3 Å². The summed E-state index contributed by atoms with van der Waals surface area (Å²) in [7, 11) is 1.71. The molecule has 0 amide bonds. The summed E-state index contributed by atoms with van der Waals surface area (Å²) in [6.07, 6.45) is 5.26. The molecule has 0 radical (unpaired) electrons. The highest BCUT2D eigenvalue weighted by Crippen LogP contribution is 2.28. The number of methoxy groups -OCH3 is 1. The Hall–Kier alpha value is -3.42. The Morgan fingerprint density at radius 1 is 1.00 bits per heavy atom. The Morgan fingerprint density at radius 2 is 1.75 bits per heavy atom. The van der Waals surface area contributed by atoms with Crippen LogP contribution < -0.4 is 19.9 Å². The van der Waals surface area contributed by atoms with Crippen molar-refractivity contribution in [1.82, 2.24) is 20.2 Å². The molecule has 3 aromatic rings. The van der Waals surface area contributed by atoms with E-state index >= 15 is 0 Å². The highest BCUT2D eigenvalue weighted by Gasteiger charge is 2.21. The summed E-state index contributed by atoms with van der Waals surface area (Å²) < 4.78 is 5.49. The highest BCUT2D eigenvalue weighted by molar-refractivity contribution is 5.59. The number of ether oxygens (including phenoxy) is 1. The Bertz CT molecular complexity index is 898. The first-order valence-corrected chi connectivity index (χ1v) is 9.29. The van der Waals surface area contributed by atoms with Crippen molar-refractivity contribution in [3.63, 3.8) is 0 Å². The molecule has 28 heavy (non-hydrogen) atoms. The van der Waals surface area contributed by atoms with Crippen molar-refractivity contribution < 1.29 is 4.74 Å². The van der Waals surface area contributed by atoms with Crippen molar-refractivity contribution in [1.29, 1.82) is 0 Å². The molecule has 0 aliphatic carbocycles. The van der Waals surface area contributed by atoms with Gasteiger partial charge in [0.1, 0.15) is 5.75 Å². The summed E-state index contributed by atoms with van der Waals surface area (Å²) in [5.74, 6) is 2.27. The van der Waals surface area contributed by atoms with E-state index in [0.29, 0.717) is 12.5 Å². The summed E-state index contributed by atoms with van der Waals surface area (Å²) in [6.45, 7) is 4.14.